The lowest BCUT2D eigenvalue weighted by Gasteiger charge is -2.29. The van der Waals surface area contributed by atoms with Crippen LogP contribution in [0.25, 0.3) is 5.57 Å². The van der Waals surface area contributed by atoms with Crippen LogP contribution in [0, 0.1) is 0 Å². The van der Waals surface area contributed by atoms with Gasteiger partial charge in [0.1, 0.15) is 18.1 Å². The fraction of sp³-hybridized carbons (Fsp3) is 0.259. The van der Waals surface area contributed by atoms with Crippen LogP contribution in [0.15, 0.2) is 67.0 Å². The molecular formula is C27H29N5O2. The second kappa shape index (κ2) is 9.57. The van der Waals surface area contributed by atoms with Crippen molar-refractivity contribution in [2.24, 2.45) is 0 Å². The van der Waals surface area contributed by atoms with Gasteiger partial charge >= 0.3 is 0 Å². The highest BCUT2D eigenvalue weighted by molar-refractivity contribution is 5.88. The van der Waals surface area contributed by atoms with Crippen molar-refractivity contribution >= 4 is 34.7 Å². The van der Waals surface area contributed by atoms with E-state index in [-0.39, 0.29) is 0 Å². The Bertz CT molecular complexity index is 1200. The topological polar surface area (TPSA) is 69.7 Å². The van der Waals surface area contributed by atoms with Gasteiger partial charge in [-0.25, -0.2) is 4.98 Å². The van der Waals surface area contributed by atoms with Crippen molar-refractivity contribution in [1.29, 1.82) is 0 Å². The number of ether oxygens (including phenoxy) is 1. The molecule has 0 radical (unpaired) electrons. The Morgan fingerprint density at radius 1 is 1.12 bits per heavy atom. The molecule has 174 valence electrons. The molecule has 0 saturated carbocycles. The molecule has 2 N–H and O–H groups in total. The average Bonchev–Trinajstić information content (AvgIpc) is 2.89. The number of nitrogens with zero attached hydrogens (tertiary/aromatic N) is 3. The van der Waals surface area contributed by atoms with Crippen molar-refractivity contribution < 1.29 is 9.53 Å². The number of morpholine rings is 1. The lowest BCUT2D eigenvalue weighted by Crippen LogP contribution is -2.36. The zero-order valence-corrected chi connectivity index (χ0v) is 19.5. The van der Waals surface area contributed by atoms with E-state index in [0.717, 1.165) is 66.2 Å². The fourth-order valence-electron chi connectivity index (χ4n) is 4.47. The number of carbonyl (C=O) groups excluding carboxylic acids is 1. The molecule has 1 unspecified atom stereocenters. The van der Waals surface area contributed by atoms with Crippen LogP contribution in [0.4, 0.5) is 22.9 Å². The number of aldehydes is 1. The van der Waals surface area contributed by atoms with E-state index in [1.54, 1.807) is 6.20 Å². The molecule has 0 amide bonds. The summed E-state index contributed by atoms with van der Waals surface area (Å²) in [5.74, 6) is 0.676. The summed E-state index contributed by atoms with van der Waals surface area (Å²) >= 11 is 0. The molecular weight excluding hydrogens is 426 g/mol. The van der Waals surface area contributed by atoms with Gasteiger partial charge in [0.25, 0.3) is 0 Å². The van der Waals surface area contributed by atoms with E-state index in [4.69, 9.17) is 4.74 Å². The number of benzene rings is 2. The molecule has 34 heavy (non-hydrogen) atoms. The van der Waals surface area contributed by atoms with Gasteiger partial charge in [0.2, 0.25) is 0 Å². The van der Waals surface area contributed by atoms with Crippen LogP contribution in [0.1, 0.15) is 22.7 Å². The summed E-state index contributed by atoms with van der Waals surface area (Å²) in [4.78, 5) is 21.0. The Morgan fingerprint density at radius 2 is 1.91 bits per heavy atom. The molecule has 1 aromatic heterocycles. The van der Waals surface area contributed by atoms with E-state index in [1.807, 2.05) is 32.4 Å². The van der Waals surface area contributed by atoms with E-state index in [0.29, 0.717) is 5.82 Å². The number of pyridine rings is 1. The zero-order chi connectivity index (χ0) is 23.5. The predicted octanol–water partition coefficient (Wildman–Crippen LogP) is 3.96. The maximum atomic E-state index is 12.0. The third-order valence-corrected chi connectivity index (χ3v) is 6.31. The van der Waals surface area contributed by atoms with Crippen molar-refractivity contribution in [3.8, 4) is 0 Å². The van der Waals surface area contributed by atoms with Gasteiger partial charge in [0.15, 0.2) is 0 Å². The van der Waals surface area contributed by atoms with E-state index in [2.05, 4.69) is 67.9 Å². The lowest BCUT2D eigenvalue weighted by molar-refractivity contribution is -0.109. The SMILES string of the molecule is CN(C)c1cccc(C2=CNC(C=O)c3c2ccnc3Nc2ccc(N3CCOCC3)cc2)c1. The third kappa shape index (κ3) is 4.34. The Hall–Kier alpha value is -3.84. The van der Waals surface area contributed by atoms with Crippen LogP contribution in [-0.2, 0) is 9.53 Å². The molecule has 0 aliphatic carbocycles. The fourth-order valence-corrected chi connectivity index (χ4v) is 4.47. The van der Waals surface area contributed by atoms with Crippen LogP contribution >= 0.6 is 0 Å². The summed E-state index contributed by atoms with van der Waals surface area (Å²) in [7, 11) is 4.05. The monoisotopic (exact) mass is 455 g/mol. The van der Waals surface area contributed by atoms with Gasteiger partial charge in [-0.1, -0.05) is 12.1 Å². The van der Waals surface area contributed by atoms with Crippen LogP contribution < -0.4 is 20.4 Å². The smallest absolute Gasteiger partial charge is 0.146 e. The molecule has 3 heterocycles. The number of aromatic nitrogens is 1. The standard InChI is InChI=1S/C27H29N5O2/c1-31(2)22-5-3-4-19(16-22)24-17-29-25(18-33)26-23(24)10-11-28-27(26)30-20-6-8-21(9-7-20)32-12-14-34-15-13-32/h3-11,16-18,25,29H,12-15H2,1-2H3,(H,28,30). The summed E-state index contributed by atoms with van der Waals surface area (Å²) in [6.07, 6.45) is 4.65. The Balaban J connectivity index is 1.46. The first-order chi connectivity index (χ1) is 16.6. The quantitative estimate of drug-likeness (QED) is 0.545. The Labute approximate surface area is 200 Å². The van der Waals surface area contributed by atoms with Crippen LogP contribution in [-0.4, -0.2) is 51.7 Å². The number of carbonyl (C=O) groups is 1. The first-order valence-electron chi connectivity index (χ1n) is 11.5. The molecule has 0 bridgehead atoms. The summed E-state index contributed by atoms with van der Waals surface area (Å²) in [6.45, 7) is 3.32. The van der Waals surface area contributed by atoms with Gasteiger partial charge in [-0.05, 0) is 53.6 Å². The number of rotatable bonds is 6. The third-order valence-electron chi connectivity index (χ3n) is 6.31. The Morgan fingerprint density at radius 3 is 2.65 bits per heavy atom. The van der Waals surface area contributed by atoms with Gasteiger partial charge in [-0.15, -0.1) is 0 Å². The summed E-state index contributed by atoms with van der Waals surface area (Å²) in [6, 6.07) is 18.2. The summed E-state index contributed by atoms with van der Waals surface area (Å²) in [5, 5.41) is 6.70. The minimum absolute atomic E-state index is 0.473. The second-order valence-electron chi connectivity index (χ2n) is 8.68. The molecule has 1 saturated heterocycles. The van der Waals surface area contributed by atoms with Gasteiger partial charge in [-0.3, -0.25) is 0 Å². The van der Waals surface area contributed by atoms with Gasteiger partial charge < -0.3 is 30.0 Å². The largest absolute Gasteiger partial charge is 0.378 e. The molecule has 5 rings (SSSR count). The summed E-state index contributed by atoms with van der Waals surface area (Å²) < 4.78 is 5.45. The molecule has 2 aliphatic heterocycles. The lowest BCUT2D eigenvalue weighted by atomic mass is 9.89. The molecule has 2 aromatic carbocycles. The van der Waals surface area contributed by atoms with E-state index in [9.17, 15) is 4.79 Å². The van der Waals surface area contributed by atoms with Crippen LogP contribution in [0.2, 0.25) is 0 Å². The van der Waals surface area contributed by atoms with E-state index in [1.165, 1.54) is 5.69 Å². The van der Waals surface area contributed by atoms with Crippen molar-refractivity contribution in [2.45, 2.75) is 6.04 Å². The van der Waals surface area contributed by atoms with Crippen molar-refractivity contribution in [1.82, 2.24) is 10.3 Å². The second-order valence-corrected chi connectivity index (χ2v) is 8.68. The van der Waals surface area contributed by atoms with Crippen molar-refractivity contribution in [3.05, 3.63) is 83.7 Å². The number of fused-ring (bicyclic) bond motifs is 1. The highest BCUT2D eigenvalue weighted by Gasteiger charge is 2.26. The van der Waals surface area contributed by atoms with Crippen molar-refractivity contribution in [3.63, 3.8) is 0 Å². The molecule has 1 fully saturated rings. The first kappa shape index (κ1) is 22.0. The van der Waals surface area contributed by atoms with E-state index < -0.39 is 6.04 Å². The normalized spacial score (nSPS) is 17.3. The molecule has 0 spiro atoms. The van der Waals surface area contributed by atoms with E-state index >= 15 is 0 Å². The highest BCUT2D eigenvalue weighted by Crippen LogP contribution is 2.37. The van der Waals surface area contributed by atoms with Crippen LogP contribution in [0.3, 0.4) is 0 Å². The number of anilines is 4. The Kier molecular flexibility index (Phi) is 6.18. The maximum absolute atomic E-state index is 12.0. The minimum Gasteiger partial charge on any atom is -0.378 e. The molecule has 7 heteroatoms. The zero-order valence-electron chi connectivity index (χ0n) is 19.5. The highest BCUT2D eigenvalue weighted by atomic mass is 16.5. The van der Waals surface area contributed by atoms with Gasteiger partial charge in [0, 0.05) is 67.8 Å². The number of nitrogens with one attached hydrogen (secondary N) is 2. The molecule has 3 aromatic rings. The van der Waals surface area contributed by atoms with Gasteiger partial charge in [0.05, 0.1) is 13.2 Å². The van der Waals surface area contributed by atoms with Crippen molar-refractivity contribution in [2.75, 3.05) is 55.5 Å². The average molecular weight is 456 g/mol. The molecule has 7 nitrogen and oxygen atoms in total. The number of hydrogen-bond acceptors (Lipinski definition) is 7. The number of hydrogen-bond donors (Lipinski definition) is 2. The van der Waals surface area contributed by atoms with Crippen LogP contribution in [0.5, 0.6) is 0 Å². The predicted molar refractivity (Wildman–Crippen MR) is 137 cm³/mol. The molecule has 2 aliphatic rings. The first-order valence-corrected chi connectivity index (χ1v) is 11.5. The van der Waals surface area contributed by atoms with Gasteiger partial charge in [-0.2, -0.15) is 0 Å². The minimum atomic E-state index is -0.473. The maximum Gasteiger partial charge on any atom is 0.146 e. The molecule has 1 atom stereocenters. The summed E-state index contributed by atoms with van der Waals surface area (Å²) in [5.41, 5.74) is 7.17.